The molecule has 1 saturated heterocycles. The van der Waals surface area contributed by atoms with Crippen LogP contribution in [-0.4, -0.2) is 38.1 Å². The summed E-state index contributed by atoms with van der Waals surface area (Å²) < 4.78 is 0. The Labute approximate surface area is 159 Å². The van der Waals surface area contributed by atoms with Crippen LogP contribution in [-0.2, 0) is 4.79 Å². The van der Waals surface area contributed by atoms with Gasteiger partial charge in [-0.05, 0) is 50.3 Å². The maximum Gasteiger partial charge on any atom is 0.319 e. The third-order valence-corrected chi connectivity index (χ3v) is 5.00. The Kier molecular flexibility index (Phi) is 6.39. The highest BCUT2D eigenvalue weighted by Gasteiger charge is 2.18. The Morgan fingerprint density at radius 3 is 2.92 bits per heavy atom. The van der Waals surface area contributed by atoms with Crippen LogP contribution in [0, 0.1) is 0 Å². The first kappa shape index (κ1) is 18.6. The summed E-state index contributed by atoms with van der Waals surface area (Å²) in [5.41, 5.74) is 2.88. The number of nitrogens with zero attached hydrogens (tertiary/aromatic N) is 1. The Morgan fingerprint density at radius 1 is 1.31 bits per heavy atom. The van der Waals surface area contributed by atoms with Gasteiger partial charge in [-0.2, -0.15) is 0 Å². The zero-order chi connectivity index (χ0) is 18.4. The third kappa shape index (κ3) is 5.14. The maximum absolute atomic E-state index is 12.0. The van der Waals surface area contributed by atoms with Crippen molar-refractivity contribution in [2.75, 3.05) is 36.4 Å². The predicted octanol–water partition coefficient (Wildman–Crippen LogP) is 3.29. The van der Waals surface area contributed by atoms with Crippen molar-refractivity contribution >= 4 is 34.9 Å². The molecule has 1 aliphatic heterocycles. The zero-order valence-electron chi connectivity index (χ0n) is 14.8. The number of carbonyl (C=O) groups excluding carboxylic acids is 2. The van der Waals surface area contributed by atoms with Gasteiger partial charge < -0.3 is 20.9 Å². The lowest BCUT2D eigenvalue weighted by molar-refractivity contribution is -0.120. The van der Waals surface area contributed by atoms with Crippen LogP contribution in [0.5, 0.6) is 0 Å². The first-order valence-electron chi connectivity index (χ1n) is 9.16. The molecule has 0 saturated carbocycles. The van der Waals surface area contributed by atoms with Crippen molar-refractivity contribution in [2.45, 2.75) is 32.1 Å². The molecule has 0 radical (unpaired) electrons. The summed E-state index contributed by atoms with van der Waals surface area (Å²) in [6, 6.07) is 5.12. The Bertz CT molecular complexity index is 705. The van der Waals surface area contributed by atoms with Gasteiger partial charge >= 0.3 is 6.03 Å². The van der Waals surface area contributed by atoms with Gasteiger partial charge in [0.2, 0.25) is 5.91 Å². The molecule has 26 heavy (non-hydrogen) atoms. The Morgan fingerprint density at radius 2 is 2.19 bits per heavy atom. The van der Waals surface area contributed by atoms with Crippen LogP contribution < -0.4 is 20.9 Å². The van der Waals surface area contributed by atoms with E-state index in [1.165, 1.54) is 18.4 Å². The number of rotatable bonds is 5. The van der Waals surface area contributed by atoms with Crippen molar-refractivity contribution < 1.29 is 9.59 Å². The van der Waals surface area contributed by atoms with Crippen LogP contribution in [0.3, 0.4) is 0 Å². The smallest absolute Gasteiger partial charge is 0.319 e. The average Bonchev–Trinajstić information content (AvgIpc) is 2.63. The molecule has 3 rings (SSSR count). The molecule has 140 valence electrons. The summed E-state index contributed by atoms with van der Waals surface area (Å²) in [7, 11) is 0. The number of hydrogen-bond donors (Lipinski definition) is 3. The summed E-state index contributed by atoms with van der Waals surface area (Å²) in [5, 5.41) is 9.00. The fraction of sp³-hybridized carbons (Fsp3) is 0.474. The van der Waals surface area contributed by atoms with Gasteiger partial charge in [-0.25, -0.2) is 4.79 Å². The van der Waals surface area contributed by atoms with E-state index in [0.29, 0.717) is 36.9 Å². The minimum atomic E-state index is -0.234. The van der Waals surface area contributed by atoms with Gasteiger partial charge in [-0.3, -0.25) is 4.79 Å². The van der Waals surface area contributed by atoms with E-state index >= 15 is 0 Å². The lowest BCUT2D eigenvalue weighted by Crippen LogP contribution is -2.47. The fourth-order valence-electron chi connectivity index (χ4n) is 3.33. The van der Waals surface area contributed by atoms with E-state index < -0.39 is 0 Å². The molecule has 6 nitrogen and oxygen atoms in total. The fourth-order valence-corrected chi connectivity index (χ4v) is 3.63. The summed E-state index contributed by atoms with van der Waals surface area (Å²) in [6.45, 7) is 2.25. The number of halogens is 1. The minimum Gasteiger partial charge on any atom is -0.359 e. The van der Waals surface area contributed by atoms with E-state index in [1.54, 1.807) is 12.1 Å². The molecule has 1 aliphatic carbocycles. The molecule has 3 N–H and O–H groups in total. The number of amides is 3. The maximum atomic E-state index is 12.0. The summed E-state index contributed by atoms with van der Waals surface area (Å²) in [4.78, 5) is 25.5. The van der Waals surface area contributed by atoms with Gasteiger partial charge in [-0.15, -0.1) is 0 Å². The van der Waals surface area contributed by atoms with Crippen LogP contribution >= 0.6 is 11.6 Å². The normalized spacial score (nSPS) is 17.3. The van der Waals surface area contributed by atoms with Gasteiger partial charge in [0.1, 0.15) is 0 Å². The highest BCUT2D eigenvalue weighted by Crippen LogP contribution is 2.29. The average molecular weight is 377 g/mol. The van der Waals surface area contributed by atoms with Gasteiger partial charge in [0.05, 0.1) is 17.3 Å². The first-order valence-corrected chi connectivity index (χ1v) is 9.53. The number of nitrogens with one attached hydrogen (secondary N) is 3. The van der Waals surface area contributed by atoms with Crippen molar-refractivity contribution in [1.82, 2.24) is 10.6 Å². The molecule has 0 spiro atoms. The van der Waals surface area contributed by atoms with E-state index in [-0.39, 0.29) is 11.9 Å². The van der Waals surface area contributed by atoms with Crippen LogP contribution in [0.15, 0.2) is 29.8 Å². The van der Waals surface area contributed by atoms with E-state index in [0.717, 1.165) is 24.9 Å². The number of anilines is 2. The molecule has 1 aromatic carbocycles. The summed E-state index contributed by atoms with van der Waals surface area (Å²) >= 11 is 6.35. The van der Waals surface area contributed by atoms with Gasteiger partial charge in [0.15, 0.2) is 0 Å². The Hall–Kier alpha value is -2.21. The number of benzene rings is 1. The topological polar surface area (TPSA) is 73.5 Å². The Balaban J connectivity index is 1.49. The quantitative estimate of drug-likeness (QED) is 0.690. The lowest BCUT2D eigenvalue weighted by Gasteiger charge is -2.29. The molecule has 0 unspecified atom stereocenters. The third-order valence-electron chi connectivity index (χ3n) is 4.70. The number of hydrogen-bond acceptors (Lipinski definition) is 3. The number of carbonyl (C=O) groups is 2. The molecule has 0 bridgehead atoms. The molecular weight excluding hydrogens is 352 g/mol. The molecular formula is C19H25ClN4O2. The second-order valence-corrected chi connectivity index (χ2v) is 7.08. The molecule has 1 heterocycles. The largest absolute Gasteiger partial charge is 0.359 e. The summed E-state index contributed by atoms with van der Waals surface area (Å²) in [6.07, 6.45) is 8.03. The van der Waals surface area contributed by atoms with E-state index in [9.17, 15) is 9.59 Å². The van der Waals surface area contributed by atoms with Crippen molar-refractivity contribution in [3.8, 4) is 0 Å². The molecule has 2 aliphatic rings. The lowest BCUT2D eigenvalue weighted by atomic mass is 9.97. The zero-order valence-corrected chi connectivity index (χ0v) is 15.6. The van der Waals surface area contributed by atoms with Crippen LogP contribution in [0.4, 0.5) is 16.2 Å². The number of urea groups is 1. The van der Waals surface area contributed by atoms with E-state index in [1.807, 2.05) is 11.0 Å². The highest BCUT2D eigenvalue weighted by molar-refractivity contribution is 6.33. The van der Waals surface area contributed by atoms with Crippen molar-refractivity contribution in [3.63, 3.8) is 0 Å². The second kappa shape index (κ2) is 8.94. The monoisotopic (exact) mass is 376 g/mol. The second-order valence-electron chi connectivity index (χ2n) is 6.68. The van der Waals surface area contributed by atoms with E-state index in [4.69, 9.17) is 11.6 Å². The van der Waals surface area contributed by atoms with Crippen molar-refractivity contribution in [1.29, 1.82) is 0 Å². The van der Waals surface area contributed by atoms with Crippen LogP contribution in [0.1, 0.15) is 32.1 Å². The van der Waals surface area contributed by atoms with E-state index in [2.05, 4.69) is 22.0 Å². The van der Waals surface area contributed by atoms with Gasteiger partial charge in [-0.1, -0.05) is 23.3 Å². The standard InChI is InChI=1S/C19H25ClN4O2/c20-16-12-15(6-7-17(16)24-11-10-21-18(25)13-24)23-19(26)22-9-8-14-4-2-1-3-5-14/h4,6-7,12H,1-3,5,8-11,13H2,(H,21,25)(H2,22,23,26). The highest BCUT2D eigenvalue weighted by atomic mass is 35.5. The summed E-state index contributed by atoms with van der Waals surface area (Å²) in [5.74, 6) is -0.0121. The van der Waals surface area contributed by atoms with Crippen LogP contribution in [0.25, 0.3) is 0 Å². The van der Waals surface area contributed by atoms with Crippen molar-refractivity contribution in [2.24, 2.45) is 0 Å². The molecule has 0 atom stereocenters. The van der Waals surface area contributed by atoms with Gasteiger partial charge in [0, 0.05) is 25.3 Å². The molecule has 3 amide bonds. The number of piperazine rings is 1. The predicted molar refractivity (Wildman–Crippen MR) is 105 cm³/mol. The molecule has 1 fully saturated rings. The molecule has 1 aromatic rings. The first-order chi connectivity index (χ1) is 12.6. The molecule has 7 heteroatoms. The minimum absolute atomic E-state index is 0.0121. The van der Waals surface area contributed by atoms with Crippen LogP contribution in [0.2, 0.25) is 5.02 Å². The molecule has 0 aromatic heterocycles. The van der Waals surface area contributed by atoms with Crippen molar-refractivity contribution in [3.05, 3.63) is 34.9 Å². The SMILES string of the molecule is O=C1CN(c2ccc(NC(=O)NCCC3=CCCCC3)cc2Cl)CCN1. The number of allylic oxidation sites excluding steroid dienone is 1. The van der Waals surface area contributed by atoms with Gasteiger partial charge in [0.25, 0.3) is 0 Å².